The second-order valence-corrected chi connectivity index (χ2v) is 9.17. The van der Waals surface area contributed by atoms with Gasteiger partial charge in [-0.1, -0.05) is 0 Å². The number of unbranched alkanes of at least 4 members (excludes halogenated alkanes) is 1. The highest BCUT2D eigenvalue weighted by Gasteiger charge is 2.27. The van der Waals surface area contributed by atoms with Gasteiger partial charge in [-0.05, 0) is 60.5 Å². The molecule has 2 heterocycles. The number of piperazine rings is 1. The van der Waals surface area contributed by atoms with E-state index < -0.39 is 5.60 Å². The highest BCUT2D eigenvalue weighted by molar-refractivity contribution is 14.0. The molecule has 0 aromatic heterocycles. The third-order valence-electron chi connectivity index (χ3n) is 5.28. The predicted octanol–water partition coefficient (Wildman–Crippen LogP) is 2.20. The molecule has 0 aromatic carbocycles. The van der Waals surface area contributed by atoms with E-state index in [0.717, 1.165) is 45.0 Å². The molecule has 2 rings (SSSR count). The second kappa shape index (κ2) is 13.6. The lowest BCUT2D eigenvalue weighted by molar-refractivity contribution is 0.0507. The van der Waals surface area contributed by atoms with Crippen LogP contribution in [0.2, 0.25) is 0 Å². The third kappa shape index (κ3) is 10.5. The van der Waals surface area contributed by atoms with Crippen molar-refractivity contribution in [3.63, 3.8) is 0 Å². The van der Waals surface area contributed by atoms with Crippen molar-refractivity contribution in [3.8, 4) is 0 Å². The maximum atomic E-state index is 12.0. The average Bonchev–Trinajstić information content (AvgIpc) is 3.08. The Morgan fingerprint density at radius 2 is 1.83 bits per heavy atom. The smallest absolute Gasteiger partial charge is 0.407 e. The van der Waals surface area contributed by atoms with Crippen LogP contribution in [0, 0.1) is 0 Å². The molecule has 2 N–H and O–H groups in total. The first-order valence-corrected chi connectivity index (χ1v) is 11.2. The number of nitrogens with one attached hydrogen (secondary N) is 2. The summed E-state index contributed by atoms with van der Waals surface area (Å²) in [7, 11) is 2.19. The van der Waals surface area contributed by atoms with E-state index in [1.165, 1.54) is 39.1 Å². The Morgan fingerprint density at radius 1 is 1.13 bits per heavy atom. The van der Waals surface area contributed by atoms with Crippen molar-refractivity contribution in [2.24, 2.45) is 4.99 Å². The van der Waals surface area contributed by atoms with Gasteiger partial charge < -0.3 is 30.1 Å². The lowest BCUT2D eigenvalue weighted by Crippen LogP contribution is -2.44. The zero-order valence-corrected chi connectivity index (χ0v) is 21.9. The van der Waals surface area contributed by atoms with Gasteiger partial charge in [0.25, 0.3) is 0 Å². The first kappa shape index (κ1) is 27.2. The van der Waals surface area contributed by atoms with Crippen molar-refractivity contribution in [2.45, 2.75) is 58.6 Å². The number of guanidine groups is 1. The fourth-order valence-corrected chi connectivity index (χ4v) is 3.67. The van der Waals surface area contributed by atoms with E-state index in [9.17, 15) is 4.79 Å². The number of alkyl carbamates (subject to hydrolysis) is 1. The summed E-state index contributed by atoms with van der Waals surface area (Å²) < 4.78 is 5.37. The molecule has 0 aliphatic carbocycles. The van der Waals surface area contributed by atoms with Crippen LogP contribution in [-0.2, 0) is 4.74 Å². The number of amides is 1. The van der Waals surface area contributed by atoms with Gasteiger partial charge in [-0.3, -0.25) is 4.99 Å². The van der Waals surface area contributed by atoms with Crippen LogP contribution in [0.1, 0.15) is 47.0 Å². The Hall–Kier alpha value is -0.810. The molecular formula is C21H43IN6O2. The molecule has 2 aliphatic heterocycles. The number of nitrogens with zero attached hydrogens (tertiary/aromatic N) is 4. The summed E-state index contributed by atoms with van der Waals surface area (Å²) in [5, 5.41) is 6.38. The number of likely N-dealkylation sites (N-methyl/N-ethyl adjacent to an activating group) is 1. The molecule has 2 saturated heterocycles. The van der Waals surface area contributed by atoms with Gasteiger partial charge in [0.2, 0.25) is 0 Å². The molecule has 0 bridgehead atoms. The maximum absolute atomic E-state index is 12.0. The van der Waals surface area contributed by atoms with Crippen molar-refractivity contribution in [1.82, 2.24) is 25.3 Å². The van der Waals surface area contributed by atoms with E-state index in [4.69, 9.17) is 9.73 Å². The van der Waals surface area contributed by atoms with Gasteiger partial charge in [-0.15, -0.1) is 24.0 Å². The van der Waals surface area contributed by atoms with E-state index >= 15 is 0 Å². The van der Waals surface area contributed by atoms with Gasteiger partial charge in [0, 0.05) is 52.4 Å². The molecule has 2 aliphatic rings. The summed E-state index contributed by atoms with van der Waals surface area (Å²) in [4.78, 5) is 24.0. The van der Waals surface area contributed by atoms with Gasteiger partial charge in [-0.25, -0.2) is 4.79 Å². The zero-order valence-electron chi connectivity index (χ0n) is 19.6. The fourth-order valence-electron chi connectivity index (χ4n) is 3.67. The number of halogens is 1. The highest BCUT2D eigenvalue weighted by atomic mass is 127. The van der Waals surface area contributed by atoms with Crippen molar-refractivity contribution in [1.29, 1.82) is 0 Å². The molecule has 30 heavy (non-hydrogen) atoms. The number of hydrogen-bond acceptors (Lipinski definition) is 5. The Kier molecular flexibility index (Phi) is 12.3. The summed E-state index contributed by atoms with van der Waals surface area (Å²) in [6.45, 7) is 17.0. The third-order valence-corrected chi connectivity index (χ3v) is 5.28. The van der Waals surface area contributed by atoms with Crippen LogP contribution < -0.4 is 10.6 Å². The van der Waals surface area contributed by atoms with Gasteiger partial charge >= 0.3 is 6.09 Å². The van der Waals surface area contributed by atoms with Crippen LogP contribution >= 0.6 is 24.0 Å². The maximum Gasteiger partial charge on any atom is 0.407 e. The first-order chi connectivity index (χ1) is 13.8. The average molecular weight is 539 g/mol. The number of aliphatic imine (C=N–C) groups is 1. The minimum atomic E-state index is -0.469. The summed E-state index contributed by atoms with van der Waals surface area (Å²) in [6.07, 6.45) is 2.87. The van der Waals surface area contributed by atoms with Crippen LogP contribution in [0.15, 0.2) is 4.99 Å². The Labute approximate surface area is 200 Å². The van der Waals surface area contributed by atoms with Gasteiger partial charge in [0.15, 0.2) is 5.96 Å². The van der Waals surface area contributed by atoms with Crippen LogP contribution in [0.4, 0.5) is 4.79 Å². The Bertz CT molecular complexity index is 532. The molecule has 0 radical (unpaired) electrons. The molecule has 176 valence electrons. The lowest BCUT2D eigenvalue weighted by Gasteiger charge is -2.32. The van der Waals surface area contributed by atoms with Crippen LogP contribution in [-0.4, -0.2) is 104 Å². The van der Waals surface area contributed by atoms with Gasteiger partial charge in [-0.2, -0.15) is 0 Å². The summed E-state index contributed by atoms with van der Waals surface area (Å²) >= 11 is 0. The molecule has 0 aromatic rings. The zero-order chi connectivity index (χ0) is 21.3. The number of ether oxygens (including phenoxy) is 1. The van der Waals surface area contributed by atoms with Crippen LogP contribution in [0.25, 0.3) is 0 Å². The van der Waals surface area contributed by atoms with E-state index in [1.54, 1.807) is 0 Å². The topological polar surface area (TPSA) is 72.4 Å². The van der Waals surface area contributed by atoms with Crippen molar-refractivity contribution >= 4 is 36.0 Å². The highest BCUT2D eigenvalue weighted by Crippen LogP contribution is 2.12. The number of carbonyl (C=O) groups is 1. The molecule has 8 nitrogen and oxygen atoms in total. The molecule has 1 unspecified atom stereocenters. The minimum Gasteiger partial charge on any atom is -0.444 e. The van der Waals surface area contributed by atoms with Crippen LogP contribution in [0.3, 0.4) is 0 Å². The van der Waals surface area contributed by atoms with Crippen molar-refractivity contribution in [2.75, 3.05) is 66.0 Å². The van der Waals surface area contributed by atoms with Crippen molar-refractivity contribution in [3.05, 3.63) is 0 Å². The van der Waals surface area contributed by atoms with Gasteiger partial charge in [0.1, 0.15) is 5.60 Å². The first-order valence-electron chi connectivity index (χ1n) is 11.2. The normalized spacial score (nSPS) is 21.3. The molecule has 9 heteroatoms. The SMILES string of the molecule is CCNC(=NCCCCN1CCN(C)CC1)N1CCC(NC(=O)OC(C)(C)C)C1.I. The molecule has 0 spiro atoms. The second-order valence-electron chi connectivity index (χ2n) is 9.17. The largest absolute Gasteiger partial charge is 0.444 e. The number of likely N-dealkylation sites (tertiary alicyclic amines) is 1. The fraction of sp³-hybridized carbons (Fsp3) is 0.905. The minimum absolute atomic E-state index is 0. The number of rotatable bonds is 7. The Balaban J connectivity index is 0.00000450. The van der Waals surface area contributed by atoms with Crippen LogP contribution in [0.5, 0.6) is 0 Å². The van der Waals surface area contributed by atoms with E-state index in [1.807, 2.05) is 20.8 Å². The molecule has 2 fully saturated rings. The van der Waals surface area contributed by atoms with E-state index in [2.05, 4.69) is 39.3 Å². The number of carbonyl (C=O) groups excluding carboxylic acids is 1. The van der Waals surface area contributed by atoms with E-state index in [0.29, 0.717) is 0 Å². The molecule has 1 atom stereocenters. The Morgan fingerprint density at radius 3 is 2.47 bits per heavy atom. The molecule has 0 saturated carbocycles. The van der Waals surface area contributed by atoms with Gasteiger partial charge in [0.05, 0.1) is 6.04 Å². The predicted molar refractivity (Wildman–Crippen MR) is 134 cm³/mol. The quantitative estimate of drug-likeness (QED) is 0.224. The lowest BCUT2D eigenvalue weighted by atomic mass is 10.2. The standard InChI is InChI=1S/C21H42N6O2.HI/c1-6-22-19(23-10-7-8-11-26-15-13-25(5)14-16-26)27-12-9-18(17-27)24-20(28)29-21(2,3)4;/h18H,6-17H2,1-5H3,(H,22,23)(H,24,28);1H. The van der Waals surface area contributed by atoms with Crippen molar-refractivity contribution < 1.29 is 9.53 Å². The molecule has 1 amide bonds. The summed E-state index contributed by atoms with van der Waals surface area (Å²) in [5.74, 6) is 0.959. The summed E-state index contributed by atoms with van der Waals surface area (Å²) in [5.41, 5.74) is -0.469. The molecular weight excluding hydrogens is 495 g/mol. The number of hydrogen-bond donors (Lipinski definition) is 2. The summed E-state index contributed by atoms with van der Waals surface area (Å²) in [6, 6.07) is 0.103. The van der Waals surface area contributed by atoms with E-state index in [-0.39, 0.29) is 36.1 Å². The monoisotopic (exact) mass is 538 g/mol.